The van der Waals surface area contributed by atoms with Gasteiger partial charge in [0.1, 0.15) is 5.82 Å². The third-order valence-corrected chi connectivity index (χ3v) is 4.37. The van der Waals surface area contributed by atoms with E-state index in [0.717, 1.165) is 19.0 Å². The average Bonchev–Trinajstić information content (AvgIpc) is 3.17. The van der Waals surface area contributed by atoms with Gasteiger partial charge in [0.2, 0.25) is 0 Å². The molecule has 1 saturated heterocycles. The fourth-order valence-electron chi connectivity index (χ4n) is 3.01. The van der Waals surface area contributed by atoms with E-state index >= 15 is 0 Å². The standard InChI is InChI=1S/C14H16F2N2O2/c1-8-6-18(7-14(8,20)9-2-3-9)13(19)12-11(16)4-10(15)5-17-12/h4-5,8-9,20H,2-3,6-7H2,1H3/t8-,14+/m1/s1. The van der Waals surface area contributed by atoms with Crippen molar-refractivity contribution in [3.05, 3.63) is 29.6 Å². The van der Waals surface area contributed by atoms with Crippen LogP contribution >= 0.6 is 0 Å². The number of carbonyl (C=O) groups excluding carboxylic acids is 1. The largest absolute Gasteiger partial charge is 0.387 e. The van der Waals surface area contributed by atoms with Gasteiger partial charge < -0.3 is 10.0 Å². The maximum atomic E-state index is 13.6. The Morgan fingerprint density at radius 1 is 1.50 bits per heavy atom. The summed E-state index contributed by atoms with van der Waals surface area (Å²) in [7, 11) is 0. The zero-order chi connectivity index (χ0) is 14.5. The van der Waals surface area contributed by atoms with Gasteiger partial charge in [-0.2, -0.15) is 0 Å². The van der Waals surface area contributed by atoms with Crippen molar-refractivity contribution in [1.29, 1.82) is 0 Å². The fraction of sp³-hybridized carbons (Fsp3) is 0.571. The lowest BCUT2D eigenvalue weighted by molar-refractivity contribution is -0.00371. The molecule has 6 heteroatoms. The molecule has 0 bridgehead atoms. The summed E-state index contributed by atoms with van der Waals surface area (Å²) in [5, 5.41) is 10.6. The topological polar surface area (TPSA) is 53.4 Å². The van der Waals surface area contributed by atoms with Crippen molar-refractivity contribution in [3.63, 3.8) is 0 Å². The van der Waals surface area contributed by atoms with E-state index in [1.54, 1.807) is 0 Å². The summed E-state index contributed by atoms with van der Waals surface area (Å²) in [6.45, 7) is 2.44. The first-order chi connectivity index (χ1) is 9.41. The van der Waals surface area contributed by atoms with Gasteiger partial charge >= 0.3 is 0 Å². The Bertz CT molecular complexity index is 562. The molecular formula is C14H16F2N2O2. The second-order valence-electron chi connectivity index (χ2n) is 5.84. The number of aliphatic hydroxyl groups is 1. The Hall–Kier alpha value is -1.56. The summed E-state index contributed by atoms with van der Waals surface area (Å²) in [6, 6.07) is 0.646. The van der Waals surface area contributed by atoms with Crippen LogP contribution < -0.4 is 0 Å². The van der Waals surface area contributed by atoms with Crippen LogP contribution in [0.5, 0.6) is 0 Å². The fourth-order valence-corrected chi connectivity index (χ4v) is 3.01. The summed E-state index contributed by atoms with van der Waals surface area (Å²) < 4.78 is 26.4. The van der Waals surface area contributed by atoms with Crippen molar-refractivity contribution >= 4 is 5.91 Å². The number of pyridine rings is 1. The zero-order valence-corrected chi connectivity index (χ0v) is 11.1. The highest BCUT2D eigenvalue weighted by atomic mass is 19.1. The van der Waals surface area contributed by atoms with Crippen LogP contribution in [0.25, 0.3) is 0 Å². The molecule has 2 aliphatic rings. The second kappa shape index (κ2) is 4.48. The molecule has 20 heavy (non-hydrogen) atoms. The number of rotatable bonds is 2. The Balaban J connectivity index is 1.81. The predicted molar refractivity (Wildman–Crippen MR) is 66.9 cm³/mol. The maximum absolute atomic E-state index is 13.6. The van der Waals surface area contributed by atoms with Gasteiger partial charge in [0.25, 0.3) is 5.91 Å². The SMILES string of the molecule is C[C@@H]1CN(C(=O)c2ncc(F)cc2F)C[C@@]1(O)C1CC1. The average molecular weight is 282 g/mol. The Morgan fingerprint density at radius 3 is 2.80 bits per heavy atom. The van der Waals surface area contributed by atoms with Gasteiger partial charge in [-0.05, 0) is 18.8 Å². The molecule has 4 nitrogen and oxygen atoms in total. The van der Waals surface area contributed by atoms with Gasteiger partial charge in [0.05, 0.1) is 18.3 Å². The number of hydrogen-bond donors (Lipinski definition) is 1. The predicted octanol–water partition coefficient (Wildman–Crippen LogP) is 1.59. The third-order valence-electron chi connectivity index (χ3n) is 4.37. The Kier molecular flexibility index (Phi) is 3.01. The van der Waals surface area contributed by atoms with Crippen molar-refractivity contribution in [2.45, 2.75) is 25.4 Å². The van der Waals surface area contributed by atoms with Crippen molar-refractivity contribution in [2.75, 3.05) is 13.1 Å². The summed E-state index contributed by atoms with van der Waals surface area (Å²) >= 11 is 0. The molecule has 3 rings (SSSR count). The number of β-amino-alcohol motifs (C(OH)–C–C–N with tert-alkyl or cyclic N) is 1. The highest BCUT2D eigenvalue weighted by molar-refractivity contribution is 5.92. The minimum absolute atomic E-state index is 0.0533. The van der Waals surface area contributed by atoms with Crippen LogP contribution in [0.4, 0.5) is 8.78 Å². The highest BCUT2D eigenvalue weighted by Gasteiger charge is 2.53. The van der Waals surface area contributed by atoms with Crippen molar-refractivity contribution in [2.24, 2.45) is 11.8 Å². The van der Waals surface area contributed by atoms with Crippen LogP contribution in [-0.2, 0) is 0 Å². The van der Waals surface area contributed by atoms with E-state index in [0.29, 0.717) is 12.6 Å². The minimum Gasteiger partial charge on any atom is -0.387 e. The van der Waals surface area contributed by atoms with E-state index < -0.39 is 28.8 Å². The molecule has 1 aromatic rings. The molecule has 1 aromatic heterocycles. The molecule has 0 unspecified atom stereocenters. The van der Waals surface area contributed by atoms with Crippen molar-refractivity contribution < 1.29 is 18.7 Å². The normalized spacial score (nSPS) is 29.8. The number of hydrogen-bond acceptors (Lipinski definition) is 3. The number of carbonyl (C=O) groups is 1. The molecule has 0 aromatic carbocycles. The Labute approximate surface area is 115 Å². The van der Waals surface area contributed by atoms with Crippen LogP contribution in [-0.4, -0.2) is 39.6 Å². The lowest BCUT2D eigenvalue weighted by Gasteiger charge is -2.26. The minimum atomic E-state index is -0.968. The van der Waals surface area contributed by atoms with Gasteiger partial charge in [-0.25, -0.2) is 13.8 Å². The summed E-state index contributed by atoms with van der Waals surface area (Å²) in [6.07, 6.45) is 2.75. The lowest BCUT2D eigenvalue weighted by Crippen LogP contribution is -2.40. The van der Waals surface area contributed by atoms with E-state index in [4.69, 9.17) is 0 Å². The summed E-state index contributed by atoms with van der Waals surface area (Å²) in [5.74, 6) is -2.21. The first kappa shape index (κ1) is 13.4. The molecule has 1 aliphatic heterocycles. The first-order valence-electron chi connectivity index (χ1n) is 6.74. The molecular weight excluding hydrogens is 266 g/mol. The number of amides is 1. The van der Waals surface area contributed by atoms with E-state index in [-0.39, 0.29) is 18.4 Å². The van der Waals surface area contributed by atoms with Gasteiger partial charge in [-0.15, -0.1) is 0 Å². The monoisotopic (exact) mass is 282 g/mol. The molecule has 0 spiro atoms. The number of likely N-dealkylation sites (tertiary alicyclic amines) is 1. The van der Waals surface area contributed by atoms with Crippen molar-refractivity contribution in [1.82, 2.24) is 9.88 Å². The molecule has 1 amide bonds. The van der Waals surface area contributed by atoms with Gasteiger partial charge in [0.15, 0.2) is 11.5 Å². The van der Waals surface area contributed by atoms with E-state index in [2.05, 4.69) is 4.98 Å². The summed E-state index contributed by atoms with van der Waals surface area (Å²) in [5.41, 5.74) is -1.27. The molecule has 1 aliphatic carbocycles. The number of halogens is 2. The molecule has 108 valence electrons. The quantitative estimate of drug-likeness (QED) is 0.896. The van der Waals surface area contributed by atoms with Crippen LogP contribution in [0.15, 0.2) is 12.3 Å². The number of aromatic nitrogens is 1. The molecule has 2 heterocycles. The number of nitrogens with zero attached hydrogens (tertiary/aromatic N) is 2. The van der Waals surface area contributed by atoms with Crippen LogP contribution in [0.3, 0.4) is 0 Å². The third kappa shape index (κ3) is 2.08. The maximum Gasteiger partial charge on any atom is 0.275 e. The van der Waals surface area contributed by atoms with E-state index in [1.165, 1.54) is 4.90 Å². The van der Waals surface area contributed by atoms with Crippen LogP contribution in [0, 0.1) is 23.5 Å². The van der Waals surface area contributed by atoms with Crippen LogP contribution in [0.1, 0.15) is 30.3 Å². The Morgan fingerprint density at radius 2 is 2.20 bits per heavy atom. The summed E-state index contributed by atoms with van der Waals surface area (Å²) in [4.78, 5) is 17.2. The first-order valence-corrected chi connectivity index (χ1v) is 6.74. The van der Waals surface area contributed by atoms with Crippen molar-refractivity contribution in [3.8, 4) is 0 Å². The van der Waals surface area contributed by atoms with Crippen LogP contribution in [0.2, 0.25) is 0 Å². The van der Waals surface area contributed by atoms with Gasteiger partial charge in [-0.1, -0.05) is 6.92 Å². The van der Waals surface area contributed by atoms with E-state index in [9.17, 15) is 18.7 Å². The molecule has 2 atom stereocenters. The molecule has 1 saturated carbocycles. The highest BCUT2D eigenvalue weighted by Crippen LogP contribution is 2.47. The second-order valence-corrected chi connectivity index (χ2v) is 5.84. The van der Waals surface area contributed by atoms with Gasteiger partial charge in [-0.3, -0.25) is 4.79 Å². The van der Waals surface area contributed by atoms with E-state index in [1.807, 2.05) is 6.92 Å². The molecule has 2 fully saturated rings. The smallest absolute Gasteiger partial charge is 0.275 e. The zero-order valence-electron chi connectivity index (χ0n) is 11.1. The van der Waals surface area contributed by atoms with Gasteiger partial charge in [0, 0.05) is 18.5 Å². The molecule has 0 radical (unpaired) electrons. The molecule has 1 N–H and O–H groups in total. The lowest BCUT2D eigenvalue weighted by atomic mass is 9.88.